The molecule has 7 heteroatoms. The number of phenolic OH excluding ortho intramolecular Hbond substituents is 1. The normalized spacial score (nSPS) is 12.8. The summed E-state index contributed by atoms with van der Waals surface area (Å²) in [7, 11) is -1.73. The number of sulfone groups is 1. The largest absolute Gasteiger partial charge is 0.507 e. The molecule has 6 nitrogen and oxygen atoms in total. The smallest absolute Gasteiger partial charge is 0.255 e. The van der Waals surface area contributed by atoms with Crippen LogP contribution in [0.4, 0.5) is 0 Å². The molecular formula is C12H17NO5S. The summed E-state index contributed by atoms with van der Waals surface area (Å²) in [6.45, 7) is 1.58. The summed E-state index contributed by atoms with van der Waals surface area (Å²) < 4.78 is 27.2. The molecule has 1 atom stereocenters. The number of methoxy groups -OCH3 is 1. The molecule has 1 rings (SSSR count). The zero-order chi connectivity index (χ0) is 14.6. The van der Waals surface area contributed by atoms with Gasteiger partial charge in [-0.1, -0.05) is 0 Å². The van der Waals surface area contributed by atoms with E-state index in [1.54, 1.807) is 6.92 Å². The molecule has 106 valence electrons. The van der Waals surface area contributed by atoms with Gasteiger partial charge in [0.15, 0.2) is 0 Å². The molecule has 0 radical (unpaired) electrons. The van der Waals surface area contributed by atoms with E-state index in [-0.39, 0.29) is 17.1 Å². The van der Waals surface area contributed by atoms with Crippen LogP contribution in [0.25, 0.3) is 0 Å². The summed E-state index contributed by atoms with van der Waals surface area (Å²) in [6, 6.07) is 3.70. The first-order valence-corrected chi connectivity index (χ1v) is 7.64. The Labute approximate surface area is 112 Å². The van der Waals surface area contributed by atoms with Crippen LogP contribution >= 0.6 is 0 Å². The number of rotatable bonds is 5. The summed E-state index contributed by atoms with van der Waals surface area (Å²) >= 11 is 0. The number of hydrogen-bond acceptors (Lipinski definition) is 5. The second kappa shape index (κ2) is 5.92. The molecule has 1 amide bonds. The van der Waals surface area contributed by atoms with E-state index in [1.807, 2.05) is 0 Å². The van der Waals surface area contributed by atoms with E-state index in [0.29, 0.717) is 5.75 Å². The highest BCUT2D eigenvalue weighted by atomic mass is 32.2. The van der Waals surface area contributed by atoms with Gasteiger partial charge in [-0.3, -0.25) is 4.79 Å². The molecule has 2 N–H and O–H groups in total. The van der Waals surface area contributed by atoms with Gasteiger partial charge in [0.1, 0.15) is 21.3 Å². The topological polar surface area (TPSA) is 92.7 Å². The molecule has 19 heavy (non-hydrogen) atoms. The molecule has 0 fully saturated rings. The number of carbonyl (C=O) groups excluding carboxylic acids is 1. The number of ether oxygens (including phenoxy) is 1. The van der Waals surface area contributed by atoms with Crippen molar-refractivity contribution in [3.63, 3.8) is 0 Å². The van der Waals surface area contributed by atoms with Crippen LogP contribution in [0.2, 0.25) is 0 Å². The van der Waals surface area contributed by atoms with Crippen LogP contribution in [0.5, 0.6) is 11.5 Å². The summed E-state index contributed by atoms with van der Waals surface area (Å²) in [5.41, 5.74) is 0.0414. The minimum absolute atomic E-state index is 0.0414. The van der Waals surface area contributed by atoms with Crippen molar-refractivity contribution in [2.75, 3.05) is 19.1 Å². The van der Waals surface area contributed by atoms with Gasteiger partial charge in [-0.25, -0.2) is 8.42 Å². The maximum atomic E-state index is 11.9. The van der Waals surface area contributed by atoms with Crippen molar-refractivity contribution in [2.24, 2.45) is 0 Å². The number of amides is 1. The van der Waals surface area contributed by atoms with Gasteiger partial charge in [0.25, 0.3) is 5.91 Å². The maximum absolute atomic E-state index is 11.9. The average molecular weight is 287 g/mol. The van der Waals surface area contributed by atoms with Gasteiger partial charge in [0, 0.05) is 12.3 Å². The molecule has 0 aliphatic rings. The number of phenols is 1. The fourth-order valence-corrected chi connectivity index (χ4v) is 2.61. The molecule has 0 heterocycles. The van der Waals surface area contributed by atoms with Crippen molar-refractivity contribution < 1.29 is 23.1 Å². The van der Waals surface area contributed by atoms with Gasteiger partial charge in [-0.2, -0.15) is 0 Å². The lowest BCUT2D eigenvalue weighted by atomic mass is 10.1. The molecule has 0 aliphatic heterocycles. The third-order valence-corrected chi connectivity index (χ3v) is 3.48. The van der Waals surface area contributed by atoms with Gasteiger partial charge in [-0.05, 0) is 25.1 Å². The van der Waals surface area contributed by atoms with Crippen molar-refractivity contribution >= 4 is 15.7 Å². The first-order chi connectivity index (χ1) is 8.73. The lowest BCUT2D eigenvalue weighted by molar-refractivity contribution is 0.0940. The van der Waals surface area contributed by atoms with Gasteiger partial charge in [0.05, 0.1) is 18.4 Å². The lowest BCUT2D eigenvalue weighted by Crippen LogP contribution is -2.37. The summed E-state index contributed by atoms with van der Waals surface area (Å²) in [5.74, 6) is -0.472. The Kier molecular flexibility index (Phi) is 4.77. The standard InChI is InChI=1S/C12H17NO5S/c1-8(7-19(3,16)17)13-12(15)10-6-9(18-2)4-5-11(10)14/h4-6,8,14H,7H2,1-3H3,(H,13,15). The first kappa shape index (κ1) is 15.3. The predicted octanol–water partition coefficient (Wildman–Crippen LogP) is 0.564. The minimum Gasteiger partial charge on any atom is -0.507 e. The fourth-order valence-electron chi connectivity index (χ4n) is 1.62. The molecule has 0 bridgehead atoms. The van der Waals surface area contributed by atoms with Crippen molar-refractivity contribution in [3.05, 3.63) is 23.8 Å². The van der Waals surface area contributed by atoms with Crippen molar-refractivity contribution in [2.45, 2.75) is 13.0 Å². The average Bonchev–Trinajstić information content (AvgIpc) is 2.26. The van der Waals surface area contributed by atoms with Gasteiger partial charge >= 0.3 is 0 Å². The van der Waals surface area contributed by atoms with E-state index in [2.05, 4.69) is 5.32 Å². The zero-order valence-corrected chi connectivity index (χ0v) is 11.8. The number of aromatic hydroxyl groups is 1. The molecule has 0 saturated carbocycles. The Morgan fingerprint density at radius 1 is 1.47 bits per heavy atom. The molecule has 1 aromatic carbocycles. The summed E-state index contributed by atoms with van der Waals surface area (Å²) in [5, 5.41) is 12.1. The third-order valence-electron chi connectivity index (χ3n) is 2.38. The van der Waals surface area contributed by atoms with Crippen LogP contribution in [0.1, 0.15) is 17.3 Å². The minimum atomic E-state index is -3.18. The Bertz CT molecular complexity index is 567. The number of nitrogens with one attached hydrogen (secondary N) is 1. The van der Waals surface area contributed by atoms with Crippen molar-refractivity contribution in [1.82, 2.24) is 5.32 Å². The lowest BCUT2D eigenvalue weighted by Gasteiger charge is -2.14. The second-order valence-corrected chi connectivity index (χ2v) is 6.53. The highest BCUT2D eigenvalue weighted by molar-refractivity contribution is 7.90. The van der Waals surface area contributed by atoms with Gasteiger partial charge < -0.3 is 15.2 Å². The summed E-state index contributed by atoms with van der Waals surface area (Å²) in [4.78, 5) is 11.9. The fraction of sp³-hybridized carbons (Fsp3) is 0.417. The number of benzene rings is 1. The predicted molar refractivity (Wildman–Crippen MR) is 71.3 cm³/mol. The van der Waals surface area contributed by atoms with Crippen LogP contribution in [0, 0.1) is 0 Å². The van der Waals surface area contributed by atoms with E-state index in [4.69, 9.17) is 4.74 Å². The molecule has 1 unspecified atom stereocenters. The van der Waals surface area contributed by atoms with E-state index in [0.717, 1.165) is 6.26 Å². The van der Waals surface area contributed by atoms with Crippen molar-refractivity contribution in [3.8, 4) is 11.5 Å². The van der Waals surface area contributed by atoms with E-state index < -0.39 is 21.8 Å². The maximum Gasteiger partial charge on any atom is 0.255 e. The summed E-state index contributed by atoms with van der Waals surface area (Å²) in [6.07, 6.45) is 1.10. The quantitative estimate of drug-likeness (QED) is 0.825. The Balaban J connectivity index is 2.83. The Morgan fingerprint density at radius 2 is 2.11 bits per heavy atom. The van der Waals surface area contributed by atoms with Crippen LogP contribution < -0.4 is 10.1 Å². The zero-order valence-electron chi connectivity index (χ0n) is 11.0. The molecule has 0 aliphatic carbocycles. The highest BCUT2D eigenvalue weighted by Gasteiger charge is 2.17. The van der Waals surface area contributed by atoms with Crippen molar-refractivity contribution in [1.29, 1.82) is 0 Å². The molecular weight excluding hydrogens is 270 g/mol. The van der Waals surface area contributed by atoms with E-state index >= 15 is 0 Å². The SMILES string of the molecule is COc1ccc(O)c(C(=O)NC(C)CS(C)(=O)=O)c1. The van der Waals surface area contributed by atoms with Crippen LogP contribution in [-0.4, -0.2) is 44.6 Å². The van der Waals surface area contributed by atoms with Crippen LogP contribution in [0.15, 0.2) is 18.2 Å². The van der Waals surface area contributed by atoms with E-state index in [9.17, 15) is 18.3 Å². The third kappa shape index (κ3) is 4.78. The molecule has 0 aromatic heterocycles. The first-order valence-electron chi connectivity index (χ1n) is 5.58. The van der Waals surface area contributed by atoms with E-state index in [1.165, 1.54) is 25.3 Å². The highest BCUT2D eigenvalue weighted by Crippen LogP contribution is 2.22. The molecule has 0 spiro atoms. The van der Waals surface area contributed by atoms with Crippen LogP contribution in [0.3, 0.4) is 0 Å². The molecule has 1 aromatic rings. The Hall–Kier alpha value is -1.76. The van der Waals surface area contributed by atoms with Crippen LogP contribution in [-0.2, 0) is 9.84 Å². The monoisotopic (exact) mass is 287 g/mol. The Morgan fingerprint density at radius 3 is 2.63 bits per heavy atom. The van der Waals surface area contributed by atoms with Gasteiger partial charge in [-0.15, -0.1) is 0 Å². The number of carbonyl (C=O) groups is 1. The van der Waals surface area contributed by atoms with Gasteiger partial charge in [0.2, 0.25) is 0 Å². The number of hydrogen-bond donors (Lipinski definition) is 2. The second-order valence-electron chi connectivity index (χ2n) is 4.35. The molecule has 0 saturated heterocycles.